The second kappa shape index (κ2) is 6.66. The smallest absolute Gasteiger partial charge is 0.267 e. The van der Waals surface area contributed by atoms with Crippen molar-refractivity contribution in [2.75, 3.05) is 5.75 Å². The maximum absolute atomic E-state index is 12.4. The SMILES string of the molecule is CCSC(=Nc1ccccc1)NN1C(=O)c2ccccc2C1=O. The van der Waals surface area contributed by atoms with E-state index in [2.05, 4.69) is 10.4 Å². The van der Waals surface area contributed by atoms with Gasteiger partial charge in [0.05, 0.1) is 16.8 Å². The van der Waals surface area contributed by atoms with E-state index in [0.29, 0.717) is 16.3 Å². The Labute approximate surface area is 138 Å². The second-order valence-corrected chi connectivity index (χ2v) is 6.04. The van der Waals surface area contributed by atoms with Crippen LogP contribution in [-0.2, 0) is 0 Å². The predicted octanol–water partition coefficient (Wildman–Crippen LogP) is 3.23. The minimum atomic E-state index is -0.358. The summed E-state index contributed by atoms with van der Waals surface area (Å²) in [6, 6.07) is 16.2. The van der Waals surface area contributed by atoms with E-state index < -0.39 is 0 Å². The van der Waals surface area contributed by atoms with Crippen LogP contribution >= 0.6 is 11.8 Å². The second-order valence-electron chi connectivity index (χ2n) is 4.79. The number of hydrogen-bond donors (Lipinski definition) is 1. The topological polar surface area (TPSA) is 61.8 Å². The van der Waals surface area contributed by atoms with Crippen molar-refractivity contribution >= 4 is 34.4 Å². The van der Waals surface area contributed by atoms with Gasteiger partial charge in [-0.15, -0.1) is 0 Å². The third-order valence-electron chi connectivity index (χ3n) is 3.27. The fourth-order valence-electron chi connectivity index (χ4n) is 2.23. The number of thioether (sulfide) groups is 1. The van der Waals surface area contributed by atoms with Gasteiger partial charge in [0.2, 0.25) is 0 Å². The lowest BCUT2D eigenvalue weighted by atomic mass is 10.1. The first-order chi connectivity index (χ1) is 11.2. The van der Waals surface area contributed by atoms with Gasteiger partial charge < -0.3 is 0 Å². The summed E-state index contributed by atoms with van der Waals surface area (Å²) in [6.07, 6.45) is 0. The highest BCUT2D eigenvalue weighted by Gasteiger charge is 2.36. The molecule has 0 bridgehead atoms. The Hall–Kier alpha value is -2.60. The average molecular weight is 325 g/mol. The number of hydrazine groups is 1. The van der Waals surface area contributed by atoms with Gasteiger partial charge in [0.25, 0.3) is 11.8 Å². The van der Waals surface area contributed by atoms with Gasteiger partial charge in [-0.3, -0.25) is 15.0 Å². The third-order valence-corrected chi connectivity index (χ3v) is 4.01. The lowest BCUT2D eigenvalue weighted by Crippen LogP contribution is -2.44. The third kappa shape index (κ3) is 3.12. The van der Waals surface area contributed by atoms with Gasteiger partial charge in [0, 0.05) is 0 Å². The van der Waals surface area contributed by atoms with E-state index in [9.17, 15) is 9.59 Å². The average Bonchev–Trinajstić information content (AvgIpc) is 2.81. The van der Waals surface area contributed by atoms with Crippen LogP contribution in [0.15, 0.2) is 59.6 Å². The van der Waals surface area contributed by atoms with E-state index >= 15 is 0 Å². The van der Waals surface area contributed by atoms with Gasteiger partial charge in [0.1, 0.15) is 0 Å². The summed E-state index contributed by atoms with van der Waals surface area (Å²) < 4.78 is 0. The minimum absolute atomic E-state index is 0.358. The molecular weight excluding hydrogens is 310 g/mol. The number of amides is 2. The molecular formula is C17H15N3O2S. The zero-order valence-electron chi connectivity index (χ0n) is 12.5. The first kappa shape index (κ1) is 15.3. The number of rotatable bonds is 3. The largest absolute Gasteiger partial charge is 0.280 e. The van der Waals surface area contributed by atoms with Gasteiger partial charge in [-0.25, -0.2) is 4.99 Å². The fraction of sp³-hybridized carbons (Fsp3) is 0.118. The van der Waals surface area contributed by atoms with Crippen molar-refractivity contribution in [3.63, 3.8) is 0 Å². The quantitative estimate of drug-likeness (QED) is 0.535. The highest BCUT2D eigenvalue weighted by molar-refractivity contribution is 8.13. The molecule has 3 rings (SSSR count). The molecule has 1 aliphatic rings. The van der Waals surface area contributed by atoms with Crippen molar-refractivity contribution < 1.29 is 9.59 Å². The molecule has 0 unspecified atom stereocenters. The first-order valence-electron chi connectivity index (χ1n) is 7.21. The number of fused-ring (bicyclic) bond motifs is 1. The van der Waals surface area contributed by atoms with Gasteiger partial charge in [-0.1, -0.05) is 49.0 Å². The van der Waals surface area contributed by atoms with Crippen LogP contribution in [-0.4, -0.2) is 27.7 Å². The molecule has 0 aromatic heterocycles. The van der Waals surface area contributed by atoms with Crippen molar-refractivity contribution in [2.24, 2.45) is 4.99 Å². The molecule has 0 aliphatic carbocycles. The van der Waals surface area contributed by atoms with Crippen LogP contribution in [0.2, 0.25) is 0 Å². The van der Waals surface area contributed by atoms with Crippen molar-refractivity contribution in [3.05, 3.63) is 65.7 Å². The number of imide groups is 1. The molecule has 0 saturated carbocycles. The molecule has 0 radical (unpaired) electrons. The molecule has 23 heavy (non-hydrogen) atoms. The van der Waals surface area contributed by atoms with Crippen LogP contribution < -0.4 is 5.43 Å². The Morgan fingerprint density at radius 1 is 1.00 bits per heavy atom. The van der Waals surface area contributed by atoms with Gasteiger partial charge in [0.15, 0.2) is 5.17 Å². The molecule has 1 N–H and O–H groups in total. The maximum Gasteiger partial charge on any atom is 0.280 e. The Morgan fingerprint density at radius 2 is 1.57 bits per heavy atom. The molecule has 116 valence electrons. The highest BCUT2D eigenvalue weighted by atomic mass is 32.2. The minimum Gasteiger partial charge on any atom is -0.267 e. The first-order valence-corrected chi connectivity index (χ1v) is 8.20. The molecule has 0 fully saturated rings. The summed E-state index contributed by atoms with van der Waals surface area (Å²) in [5.74, 6) is 0.0492. The van der Waals surface area contributed by atoms with Crippen molar-refractivity contribution in [2.45, 2.75) is 6.92 Å². The molecule has 0 spiro atoms. The Bertz CT molecular complexity index is 739. The monoisotopic (exact) mass is 325 g/mol. The summed E-state index contributed by atoms with van der Waals surface area (Å²) in [4.78, 5) is 29.2. The summed E-state index contributed by atoms with van der Waals surface area (Å²) in [5, 5.41) is 1.53. The number of carbonyl (C=O) groups is 2. The molecule has 1 heterocycles. The van der Waals surface area contributed by atoms with E-state index in [-0.39, 0.29) is 11.8 Å². The van der Waals surface area contributed by atoms with E-state index in [4.69, 9.17) is 0 Å². The number of aliphatic imine (C=N–C) groups is 1. The number of amidine groups is 1. The highest BCUT2D eigenvalue weighted by Crippen LogP contribution is 2.22. The van der Waals surface area contributed by atoms with Crippen molar-refractivity contribution in [3.8, 4) is 0 Å². The molecule has 2 aromatic rings. The Kier molecular flexibility index (Phi) is 4.43. The van der Waals surface area contributed by atoms with E-state index in [1.54, 1.807) is 24.3 Å². The zero-order valence-corrected chi connectivity index (χ0v) is 13.3. The summed E-state index contributed by atoms with van der Waals surface area (Å²) in [6.45, 7) is 1.98. The number of nitrogens with one attached hydrogen (secondary N) is 1. The Morgan fingerprint density at radius 3 is 2.13 bits per heavy atom. The van der Waals surface area contributed by atoms with Gasteiger partial charge in [-0.05, 0) is 30.0 Å². The molecule has 6 heteroatoms. The van der Waals surface area contributed by atoms with Crippen LogP contribution in [0.5, 0.6) is 0 Å². The zero-order chi connectivity index (χ0) is 16.2. The van der Waals surface area contributed by atoms with E-state index in [0.717, 1.165) is 16.4 Å². The number of nitrogens with zero attached hydrogens (tertiary/aromatic N) is 2. The number of benzene rings is 2. The molecule has 2 amide bonds. The van der Waals surface area contributed by atoms with Crippen LogP contribution in [0.4, 0.5) is 5.69 Å². The Balaban J connectivity index is 1.86. The number of hydrogen-bond acceptors (Lipinski definition) is 4. The summed E-state index contributed by atoms with van der Waals surface area (Å²) in [5.41, 5.74) is 4.43. The van der Waals surface area contributed by atoms with Gasteiger partial charge >= 0.3 is 0 Å². The lowest BCUT2D eigenvalue weighted by Gasteiger charge is -2.17. The van der Waals surface area contributed by atoms with Gasteiger partial charge in [-0.2, -0.15) is 5.01 Å². The van der Waals surface area contributed by atoms with Crippen LogP contribution in [0.1, 0.15) is 27.6 Å². The van der Waals surface area contributed by atoms with Crippen molar-refractivity contribution in [1.82, 2.24) is 10.4 Å². The van der Waals surface area contributed by atoms with Crippen LogP contribution in [0.3, 0.4) is 0 Å². The summed E-state index contributed by atoms with van der Waals surface area (Å²) >= 11 is 1.43. The maximum atomic E-state index is 12.4. The molecule has 5 nitrogen and oxygen atoms in total. The molecule has 2 aromatic carbocycles. The number of carbonyl (C=O) groups excluding carboxylic acids is 2. The van der Waals surface area contributed by atoms with E-state index in [1.807, 2.05) is 37.3 Å². The summed E-state index contributed by atoms with van der Waals surface area (Å²) in [7, 11) is 0. The fourth-order valence-corrected chi connectivity index (χ4v) is 2.83. The normalized spacial score (nSPS) is 14.1. The molecule has 0 saturated heterocycles. The van der Waals surface area contributed by atoms with Crippen LogP contribution in [0.25, 0.3) is 0 Å². The van der Waals surface area contributed by atoms with Crippen molar-refractivity contribution in [1.29, 1.82) is 0 Å². The van der Waals surface area contributed by atoms with Crippen LogP contribution in [0, 0.1) is 0 Å². The lowest BCUT2D eigenvalue weighted by molar-refractivity contribution is 0.0614. The predicted molar refractivity (Wildman–Crippen MR) is 91.7 cm³/mol. The van der Waals surface area contributed by atoms with E-state index in [1.165, 1.54) is 11.8 Å². The molecule has 1 aliphatic heterocycles. The molecule has 0 atom stereocenters. The standard InChI is InChI=1S/C17H15N3O2S/c1-2-23-17(18-12-8-4-3-5-9-12)19-20-15(21)13-10-6-7-11-14(13)16(20)22/h3-11H,2H2,1H3,(H,18,19). The number of para-hydroxylation sites is 1.